The van der Waals surface area contributed by atoms with Gasteiger partial charge in [-0.3, -0.25) is 4.31 Å². The monoisotopic (exact) mass is 234 g/mol. The number of benzene rings is 1. The summed E-state index contributed by atoms with van der Waals surface area (Å²) in [5.74, 6) is 0. The second-order valence-electron chi connectivity index (χ2n) is 3.99. The lowest BCUT2D eigenvalue weighted by atomic mass is 10.2. The average molecular weight is 234 g/mol. The van der Waals surface area contributed by atoms with Gasteiger partial charge in [-0.1, -0.05) is 36.9 Å². The minimum absolute atomic E-state index is 0.723. The van der Waals surface area contributed by atoms with E-state index in [1.807, 2.05) is 31.2 Å². The Bertz CT molecular complexity index is 334. The molecule has 16 heavy (non-hydrogen) atoms. The summed E-state index contributed by atoms with van der Waals surface area (Å²) in [7, 11) is 0. The van der Waals surface area contributed by atoms with Gasteiger partial charge < -0.3 is 0 Å². The molecule has 3 heteroatoms. The van der Waals surface area contributed by atoms with E-state index < -0.39 is 0 Å². The average Bonchev–Trinajstić information content (AvgIpc) is 2.32. The molecule has 1 aliphatic rings. The second kappa shape index (κ2) is 7.32. The molecule has 86 valence electrons. The molecule has 0 atom stereocenters. The molecule has 1 aliphatic heterocycles. The maximum absolute atomic E-state index is 8.38. The third kappa shape index (κ3) is 5.20. The first-order valence-corrected chi connectivity index (χ1v) is 6.03. The first kappa shape index (κ1) is 13.1. The van der Waals surface area contributed by atoms with E-state index in [4.69, 9.17) is 5.26 Å². The van der Waals surface area contributed by atoms with Crippen LogP contribution in [0.2, 0.25) is 0 Å². The SMILES string of the molecule is Cc1ccc(C#N)cc1.SN1CCCCC1. The molecule has 2 rings (SSSR count). The van der Waals surface area contributed by atoms with E-state index in [0.717, 1.165) is 5.56 Å². The highest BCUT2D eigenvalue weighted by Gasteiger charge is 2.03. The maximum atomic E-state index is 8.38. The summed E-state index contributed by atoms with van der Waals surface area (Å²) in [6.07, 6.45) is 4.07. The topological polar surface area (TPSA) is 27.0 Å². The third-order valence-corrected chi connectivity index (χ3v) is 2.91. The lowest BCUT2D eigenvalue weighted by Gasteiger charge is -2.19. The Balaban J connectivity index is 0.000000165. The molecule has 0 aliphatic carbocycles. The molecular weight excluding hydrogens is 216 g/mol. The van der Waals surface area contributed by atoms with E-state index in [9.17, 15) is 0 Å². The Labute approximate surface area is 103 Å². The summed E-state index contributed by atoms with van der Waals surface area (Å²) < 4.78 is 2.09. The molecule has 0 N–H and O–H groups in total. The highest BCUT2D eigenvalue weighted by Crippen LogP contribution is 2.08. The van der Waals surface area contributed by atoms with Gasteiger partial charge in [0.2, 0.25) is 0 Å². The number of hydrogen-bond acceptors (Lipinski definition) is 3. The molecule has 0 amide bonds. The minimum Gasteiger partial charge on any atom is -0.253 e. The van der Waals surface area contributed by atoms with E-state index in [1.165, 1.54) is 37.9 Å². The number of aryl methyl sites for hydroxylation is 1. The second-order valence-corrected chi connectivity index (χ2v) is 4.56. The highest BCUT2D eigenvalue weighted by atomic mass is 32.1. The van der Waals surface area contributed by atoms with Gasteiger partial charge in [-0.05, 0) is 31.9 Å². The molecule has 1 heterocycles. The fraction of sp³-hybridized carbons (Fsp3) is 0.462. The van der Waals surface area contributed by atoms with Crippen LogP contribution in [0, 0.1) is 18.3 Å². The molecule has 0 spiro atoms. The molecule has 0 unspecified atom stereocenters. The fourth-order valence-electron chi connectivity index (χ4n) is 1.51. The van der Waals surface area contributed by atoms with Gasteiger partial charge >= 0.3 is 0 Å². The molecule has 0 radical (unpaired) electrons. The van der Waals surface area contributed by atoms with Crippen LogP contribution in [0.5, 0.6) is 0 Å². The van der Waals surface area contributed by atoms with Gasteiger partial charge in [0.25, 0.3) is 0 Å². The Hall–Kier alpha value is -0.980. The molecule has 1 fully saturated rings. The van der Waals surface area contributed by atoms with Crippen LogP contribution in [0.3, 0.4) is 0 Å². The Morgan fingerprint density at radius 2 is 1.69 bits per heavy atom. The largest absolute Gasteiger partial charge is 0.253 e. The number of nitrogens with zero attached hydrogens (tertiary/aromatic N) is 2. The van der Waals surface area contributed by atoms with Crippen LogP contribution in [-0.4, -0.2) is 17.4 Å². The summed E-state index contributed by atoms with van der Waals surface area (Å²) >= 11 is 4.19. The normalized spacial score (nSPS) is 15.8. The van der Waals surface area contributed by atoms with Crippen LogP contribution < -0.4 is 0 Å². The number of hydrogen-bond donors (Lipinski definition) is 1. The number of rotatable bonds is 0. The standard InChI is InChI=1S/C8H7N.C5H11NS/c1-7-2-4-8(6-9)5-3-7;7-6-4-2-1-3-5-6/h2-5H,1H3;7H,1-5H2. The van der Waals surface area contributed by atoms with Gasteiger partial charge in [-0.15, -0.1) is 0 Å². The lowest BCUT2D eigenvalue weighted by Crippen LogP contribution is -2.19. The first-order valence-electron chi connectivity index (χ1n) is 5.63. The quantitative estimate of drug-likeness (QED) is 0.698. The van der Waals surface area contributed by atoms with Gasteiger partial charge in [0.1, 0.15) is 0 Å². The summed E-state index contributed by atoms with van der Waals surface area (Å²) in [5, 5.41) is 8.38. The van der Waals surface area contributed by atoms with Gasteiger partial charge in [0, 0.05) is 13.1 Å². The predicted octanol–water partition coefficient (Wildman–Crippen LogP) is 3.18. The van der Waals surface area contributed by atoms with E-state index in [2.05, 4.69) is 23.2 Å². The predicted molar refractivity (Wildman–Crippen MR) is 70.3 cm³/mol. The van der Waals surface area contributed by atoms with Crippen molar-refractivity contribution in [2.45, 2.75) is 26.2 Å². The molecular formula is C13H18N2S. The zero-order valence-corrected chi connectivity index (χ0v) is 10.6. The van der Waals surface area contributed by atoms with Crippen LogP contribution in [-0.2, 0) is 0 Å². The summed E-state index contributed by atoms with van der Waals surface area (Å²) in [5.41, 5.74) is 1.91. The van der Waals surface area contributed by atoms with Crippen molar-refractivity contribution < 1.29 is 0 Å². The van der Waals surface area contributed by atoms with Crippen LogP contribution in [0.15, 0.2) is 24.3 Å². The smallest absolute Gasteiger partial charge is 0.0991 e. The van der Waals surface area contributed by atoms with Crippen LogP contribution >= 0.6 is 12.8 Å². The van der Waals surface area contributed by atoms with Crippen molar-refractivity contribution >= 4 is 12.8 Å². The zero-order chi connectivity index (χ0) is 11.8. The molecule has 1 saturated heterocycles. The van der Waals surface area contributed by atoms with Crippen molar-refractivity contribution in [3.8, 4) is 6.07 Å². The van der Waals surface area contributed by atoms with Gasteiger partial charge in [-0.25, -0.2) is 0 Å². The first-order chi connectivity index (χ1) is 7.72. The van der Waals surface area contributed by atoms with Crippen LogP contribution in [0.1, 0.15) is 30.4 Å². The Kier molecular flexibility index (Phi) is 5.99. The van der Waals surface area contributed by atoms with Crippen LogP contribution in [0.4, 0.5) is 0 Å². The van der Waals surface area contributed by atoms with E-state index in [0.29, 0.717) is 0 Å². The Morgan fingerprint density at radius 1 is 1.12 bits per heavy atom. The van der Waals surface area contributed by atoms with Crippen molar-refractivity contribution in [3.05, 3.63) is 35.4 Å². The molecule has 0 saturated carbocycles. The maximum Gasteiger partial charge on any atom is 0.0991 e. The molecule has 0 aromatic heterocycles. The zero-order valence-electron chi connectivity index (χ0n) is 9.69. The van der Waals surface area contributed by atoms with Crippen LogP contribution in [0.25, 0.3) is 0 Å². The van der Waals surface area contributed by atoms with E-state index >= 15 is 0 Å². The Morgan fingerprint density at radius 3 is 2.06 bits per heavy atom. The number of nitriles is 1. The van der Waals surface area contributed by atoms with Gasteiger partial charge in [0.05, 0.1) is 11.6 Å². The third-order valence-electron chi connectivity index (χ3n) is 2.51. The summed E-state index contributed by atoms with van der Waals surface area (Å²) in [6, 6.07) is 9.54. The van der Waals surface area contributed by atoms with E-state index in [-0.39, 0.29) is 0 Å². The molecule has 2 nitrogen and oxygen atoms in total. The summed E-state index contributed by atoms with van der Waals surface area (Å²) in [4.78, 5) is 0. The summed E-state index contributed by atoms with van der Waals surface area (Å²) in [6.45, 7) is 4.37. The van der Waals surface area contributed by atoms with Gasteiger partial charge in [0.15, 0.2) is 0 Å². The highest BCUT2D eigenvalue weighted by molar-refractivity contribution is 7.77. The minimum atomic E-state index is 0.723. The van der Waals surface area contributed by atoms with E-state index in [1.54, 1.807) is 0 Å². The van der Waals surface area contributed by atoms with Crippen molar-refractivity contribution in [1.29, 1.82) is 5.26 Å². The van der Waals surface area contributed by atoms with Crippen molar-refractivity contribution in [2.24, 2.45) is 0 Å². The van der Waals surface area contributed by atoms with Crippen molar-refractivity contribution in [1.82, 2.24) is 4.31 Å². The van der Waals surface area contributed by atoms with Crippen molar-refractivity contribution in [3.63, 3.8) is 0 Å². The molecule has 0 bridgehead atoms. The number of piperidine rings is 1. The van der Waals surface area contributed by atoms with Gasteiger partial charge in [-0.2, -0.15) is 5.26 Å². The molecule has 1 aromatic carbocycles. The van der Waals surface area contributed by atoms with Crippen molar-refractivity contribution in [2.75, 3.05) is 13.1 Å². The lowest BCUT2D eigenvalue weighted by molar-refractivity contribution is 0.385. The fourth-order valence-corrected chi connectivity index (χ4v) is 1.79. The number of thiol groups is 1. The molecule has 1 aromatic rings.